The number of nitrogens with zero attached hydrogens (tertiary/aromatic N) is 1. The molecule has 0 fully saturated rings. The molecule has 1 aromatic heterocycles. The predicted octanol–water partition coefficient (Wildman–Crippen LogP) is 0.789. The fourth-order valence-corrected chi connectivity index (χ4v) is 1.61. The van der Waals surface area contributed by atoms with Gasteiger partial charge in [0.15, 0.2) is 5.78 Å². The van der Waals surface area contributed by atoms with E-state index < -0.39 is 6.04 Å². The molecule has 1 aliphatic heterocycles. The molecule has 0 spiro atoms. The van der Waals surface area contributed by atoms with Gasteiger partial charge in [0.1, 0.15) is 6.04 Å². The van der Waals surface area contributed by atoms with Gasteiger partial charge in [-0.25, -0.2) is 4.79 Å². The normalized spacial score (nSPS) is 20.1. The third kappa shape index (κ3) is 1.06. The summed E-state index contributed by atoms with van der Waals surface area (Å²) in [6, 6.07) is 3.01. The predicted molar refractivity (Wildman–Crippen MR) is 44.4 cm³/mol. The number of carbonyl (C=O) groups is 2. The number of ketones is 1. The molecular weight excluding hydrogens is 170 g/mol. The Morgan fingerprint density at radius 1 is 1.69 bits per heavy atom. The molecule has 13 heavy (non-hydrogen) atoms. The van der Waals surface area contributed by atoms with Crippen LogP contribution in [-0.2, 0) is 9.53 Å². The van der Waals surface area contributed by atoms with E-state index in [0.29, 0.717) is 5.69 Å². The van der Waals surface area contributed by atoms with Crippen molar-refractivity contribution in [3.05, 3.63) is 24.0 Å². The number of Topliss-reactive ketones (excluding diaryl/α,β-unsaturated/α-hetero) is 1. The molecule has 1 atom stereocenters. The minimum Gasteiger partial charge on any atom is -0.467 e. The van der Waals surface area contributed by atoms with Gasteiger partial charge >= 0.3 is 5.97 Å². The molecule has 0 bridgehead atoms. The molecule has 4 heteroatoms. The van der Waals surface area contributed by atoms with Crippen LogP contribution in [-0.4, -0.2) is 23.4 Å². The van der Waals surface area contributed by atoms with Gasteiger partial charge in [0.05, 0.1) is 12.8 Å². The van der Waals surface area contributed by atoms with E-state index in [1.807, 2.05) is 0 Å². The van der Waals surface area contributed by atoms with Crippen molar-refractivity contribution in [1.82, 2.24) is 4.57 Å². The first-order chi connectivity index (χ1) is 6.24. The van der Waals surface area contributed by atoms with Crippen LogP contribution < -0.4 is 0 Å². The van der Waals surface area contributed by atoms with E-state index in [1.165, 1.54) is 7.11 Å². The fourth-order valence-electron chi connectivity index (χ4n) is 1.61. The van der Waals surface area contributed by atoms with Crippen LogP contribution in [0.5, 0.6) is 0 Å². The average Bonchev–Trinajstić information content (AvgIpc) is 2.68. The molecule has 0 amide bonds. The fraction of sp³-hybridized carbons (Fsp3) is 0.333. The average molecular weight is 179 g/mol. The second-order valence-corrected chi connectivity index (χ2v) is 2.97. The minimum absolute atomic E-state index is 0.000370. The summed E-state index contributed by atoms with van der Waals surface area (Å²) in [5.74, 6) is -0.358. The van der Waals surface area contributed by atoms with Crippen molar-refractivity contribution in [3.8, 4) is 0 Å². The molecule has 0 saturated heterocycles. The number of fused-ring (bicyclic) bond motifs is 1. The Hall–Kier alpha value is -1.58. The van der Waals surface area contributed by atoms with Gasteiger partial charge in [-0.05, 0) is 12.1 Å². The summed E-state index contributed by atoms with van der Waals surface area (Å²) in [6.07, 6.45) is 1.95. The zero-order valence-corrected chi connectivity index (χ0v) is 7.19. The lowest BCUT2D eigenvalue weighted by atomic mass is 10.2. The van der Waals surface area contributed by atoms with Gasteiger partial charge in [0.25, 0.3) is 0 Å². The van der Waals surface area contributed by atoms with Crippen LogP contribution in [0.3, 0.4) is 0 Å². The number of aromatic nitrogens is 1. The lowest BCUT2D eigenvalue weighted by Gasteiger charge is -2.08. The van der Waals surface area contributed by atoms with Crippen LogP contribution in [0.4, 0.5) is 0 Å². The summed E-state index contributed by atoms with van der Waals surface area (Å²) >= 11 is 0. The van der Waals surface area contributed by atoms with Crippen LogP contribution in [0.15, 0.2) is 18.3 Å². The molecule has 1 aliphatic rings. The van der Waals surface area contributed by atoms with Gasteiger partial charge in [-0.2, -0.15) is 0 Å². The van der Waals surface area contributed by atoms with Gasteiger partial charge in [0, 0.05) is 12.6 Å². The molecule has 68 valence electrons. The number of hydrogen-bond acceptors (Lipinski definition) is 3. The summed E-state index contributed by atoms with van der Waals surface area (Å²) in [5.41, 5.74) is 0.593. The Morgan fingerprint density at radius 2 is 2.46 bits per heavy atom. The molecule has 0 unspecified atom stereocenters. The van der Waals surface area contributed by atoms with Crippen molar-refractivity contribution in [2.24, 2.45) is 0 Å². The second-order valence-electron chi connectivity index (χ2n) is 2.97. The lowest BCUT2D eigenvalue weighted by molar-refractivity contribution is -0.144. The molecule has 1 aromatic rings. The maximum absolute atomic E-state index is 11.3. The third-order valence-electron chi connectivity index (χ3n) is 2.25. The number of rotatable bonds is 1. The maximum Gasteiger partial charge on any atom is 0.329 e. The first-order valence-corrected chi connectivity index (χ1v) is 4.02. The van der Waals surface area contributed by atoms with E-state index in [1.54, 1.807) is 22.9 Å². The zero-order chi connectivity index (χ0) is 9.42. The molecule has 2 heterocycles. The first kappa shape index (κ1) is 8.04. The Morgan fingerprint density at radius 3 is 3.15 bits per heavy atom. The second kappa shape index (κ2) is 2.73. The highest BCUT2D eigenvalue weighted by Crippen LogP contribution is 2.26. The lowest BCUT2D eigenvalue weighted by Crippen LogP contribution is -2.16. The smallest absolute Gasteiger partial charge is 0.329 e. The summed E-state index contributed by atoms with van der Waals surface area (Å²) in [7, 11) is 1.33. The van der Waals surface area contributed by atoms with Crippen molar-refractivity contribution < 1.29 is 14.3 Å². The van der Waals surface area contributed by atoms with Gasteiger partial charge in [-0.1, -0.05) is 0 Å². The SMILES string of the molecule is COC(=O)[C@H]1CC(=O)c2cccn21. The molecule has 0 radical (unpaired) electrons. The van der Waals surface area contributed by atoms with E-state index in [2.05, 4.69) is 4.74 Å². The van der Waals surface area contributed by atoms with Gasteiger partial charge < -0.3 is 9.30 Å². The zero-order valence-electron chi connectivity index (χ0n) is 7.19. The van der Waals surface area contributed by atoms with Crippen molar-refractivity contribution in [2.45, 2.75) is 12.5 Å². The van der Waals surface area contributed by atoms with Crippen LogP contribution in [0, 0.1) is 0 Å². The summed E-state index contributed by atoms with van der Waals surface area (Å²) in [4.78, 5) is 22.6. The Balaban J connectivity index is 2.38. The van der Waals surface area contributed by atoms with E-state index in [0.717, 1.165) is 0 Å². The largest absolute Gasteiger partial charge is 0.467 e. The number of esters is 1. The monoisotopic (exact) mass is 179 g/mol. The molecule has 0 N–H and O–H groups in total. The number of ether oxygens (including phenoxy) is 1. The van der Waals surface area contributed by atoms with Crippen LogP contribution in [0.1, 0.15) is 23.0 Å². The van der Waals surface area contributed by atoms with E-state index in [4.69, 9.17) is 0 Å². The Bertz CT molecular complexity index is 367. The van der Waals surface area contributed by atoms with Crippen LogP contribution in [0.2, 0.25) is 0 Å². The Labute approximate surface area is 75.1 Å². The van der Waals surface area contributed by atoms with E-state index >= 15 is 0 Å². The first-order valence-electron chi connectivity index (χ1n) is 4.02. The van der Waals surface area contributed by atoms with E-state index in [9.17, 15) is 9.59 Å². The third-order valence-corrected chi connectivity index (χ3v) is 2.25. The van der Waals surface area contributed by atoms with Crippen molar-refractivity contribution >= 4 is 11.8 Å². The molecule has 2 rings (SSSR count). The highest BCUT2D eigenvalue weighted by molar-refractivity contribution is 6.00. The number of carbonyl (C=O) groups excluding carboxylic acids is 2. The van der Waals surface area contributed by atoms with Gasteiger partial charge in [0.2, 0.25) is 0 Å². The van der Waals surface area contributed by atoms with Crippen molar-refractivity contribution in [1.29, 1.82) is 0 Å². The molecule has 0 saturated carbocycles. The standard InChI is InChI=1S/C9H9NO3/c1-13-9(12)7-5-8(11)6-3-2-4-10(6)7/h2-4,7H,5H2,1H3/t7-/m1/s1. The summed E-state index contributed by atoms with van der Waals surface area (Å²) < 4.78 is 6.26. The van der Waals surface area contributed by atoms with Crippen LogP contribution in [0.25, 0.3) is 0 Å². The number of hydrogen-bond donors (Lipinski definition) is 0. The van der Waals surface area contributed by atoms with E-state index in [-0.39, 0.29) is 18.2 Å². The molecule has 0 aromatic carbocycles. The summed E-state index contributed by atoms with van der Waals surface area (Å²) in [5, 5.41) is 0. The summed E-state index contributed by atoms with van der Waals surface area (Å²) in [6.45, 7) is 0. The van der Waals surface area contributed by atoms with Crippen molar-refractivity contribution in [3.63, 3.8) is 0 Å². The minimum atomic E-state index is -0.456. The molecule has 0 aliphatic carbocycles. The Kier molecular flexibility index (Phi) is 1.69. The molecular formula is C9H9NO3. The number of methoxy groups -OCH3 is 1. The van der Waals surface area contributed by atoms with Gasteiger partial charge in [-0.3, -0.25) is 4.79 Å². The van der Waals surface area contributed by atoms with Crippen LogP contribution >= 0.6 is 0 Å². The molecule has 4 nitrogen and oxygen atoms in total. The highest BCUT2D eigenvalue weighted by atomic mass is 16.5. The van der Waals surface area contributed by atoms with Crippen molar-refractivity contribution in [2.75, 3.05) is 7.11 Å². The topological polar surface area (TPSA) is 48.3 Å². The van der Waals surface area contributed by atoms with Gasteiger partial charge in [-0.15, -0.1) is 0 Å². The quantitative estimate of drug-likeness (QED) is 0.599. The highest BCUT2D eigenvalue weighted by Gasteiger charge is 2.33. The maximum atomic E-state index is 11.3.